The van der Waals surface area contributed by atoms with Gasteiger partial charge in [-0.2, -0.15) is 0 Å². The van der Waals surface area contributed by atoms with Gasteiger partial charge >= 0.3 is 0 Å². The first-order valence-electron chi connectivity index (χ1n) is 11.6. The second-order valence-electron chi connectivity index (χ2n) is 9.54. The van der Waals surface area contributed by atoms with Crippen LogP contribution in [-0.2, 0) is 13.1 Å². The van der Waals surface area contributed by atoms with Crippen molar-refractivity contribution in [1.82, 2.24) is 19.4 Å². The van der Waals surface area contributed by atoms with E-state index >= 15 is 0 Å². The van der Waals surface area contributed by atoms with Crippen molar-refractivity contribution < 1.29 is 5.11 Å². The molecule has 7 nitrogen and oxygen atoms in total. The smallest absolute Gasteiger partial charge is 0.250 e. The van der Waals surface area contributed by atoms with E-state index in [2.05, 4.69) is 22.3 Å². The summed E-state index contributed by atoms with van der Waals surface area (Å²) >= 11 is 0. The highest BCUT2D eigenvalue weighted by atomic mass is 16.3. The number of hydrogen-bond acceptors (Lipinski definition) is 5. The van der Waals surface area contributed by atoms with E-state index in [1.54, 1.807) is 12.1 Å². The summed E-state index contributed by atoms with van der Waals surface area (Å²) in [4.78, 5) is 25.8. The topological polar surface area (TPSA) is 79.5 Å². The van der Waals surface area contributed by atoms with Crippen LogP contribution in [0.2, 0.25) is 0 Å². The number of nitrogens with zero attached hydrogens (tertiary/aromatic N) is 3. The molecule has 4 aliphatic rings. The number of piperidine rings is 2. The molecule has 0 aliphatic carbocycles. The Labute approximate surface area is 182 Å². The predicted molar refractivity (Wildman–Crippen MR) is 119 cm³/mol. The lowest BCUT2D eigenvalue weighted by Gasteiger charge is -2.42. The van der Waals surface area contributed by atoms with Gasteiger partial charge < -0.3 is 24.5 Å². The molecular formula is C24H32N4O3. The minimum atomic E-state index is 0.132. The summed E-state index contributed by atoms with van der Waals surface area (Å²) in [5, 5.41) is 12.5. The number of aliphatic hydroxyl groups excluding tert-OH is 1. The highest BCUT2D eigenvalue weighted by molar-refractivity contribution is 5.17. The van der Waals surface area contributed by atoms with E-state index in [9.17, 15) is 9.59 Å². The lowest BCUT2D eigenvalue weighted by Crippen LogP contribution is -2.47. The summed E-state index contributed by atoms with van der Waals surface area (Å²) in [6.45, 7) is 6.80. The first-order valence-corrected chi connectivity index (χ1v) is 11.6. The molecule has 2 aromatic rings. The molecule has 4 atom stereocenters. The Morgan fingerprint density at radius 2 is 1.45 bits per heavy atom. The van der Waals surface area contributed by atoms with Crippen LogP contribution in [0.5, 0.6) is 0 Å². The van der Waals surface area contributed by atoms with Crippen LogP contribution >= 0.6 is 0 Å². The molecule has 0 aromatic carbocycles. The molecule has 0 spiro atoms. The molecule has 4 aliphatic heterocycles. The number of likely N-dealkylation sites (tertiary alicyclic amines) is 1. The summed E-state index contributed by atoms with van der Waals surface area (Å²) in [7, 11) is 0. The van der Waals surface area contributed by atoms with Gasteiger partial charge in [-0.05, 0) is 43.4 Å². The molecule has 31 heavy (non-hydrogen) atoms. The standard InChI is InChI=1S/C13H18N2O2.C11H14N2O/c16-5-4-14-7-10-6-11(9-14)12-2-1-3-13(17)15(12)8-10;14-11-3-1-2-10-9-4-8(5-12-6-9)7-13(10)11/h1-3,10-11,16H,4-9H2;1-3,8-9,12H,4-7H2. The molecule has 4 unspecified atom stereocenters. The molecule has 6 heterocycles. The normalized spacial score (nSPS) is 28.7. The fourth-order valence-electron chi connectivity index (χ4n) is 6.06. The van der Waals surface area contributed by atoms with Crippen LogP contribution in [0.15, 0.2) is 46.0 Å². The van der Waals surface area contributed by atoms with Crippen molar-refractivity contribution in [3.8, 4) is 0 Å². The van der Waals surface area contributed by atoms with Crippen LogP contribution < -0.4 is 16.4 Å². The molecular weight excluding hydrogens is 392 g/mol. The minimum absolute atomic E-state index is 0.132. The zero-order valence-corrected chi connectivity index (χ0v) is 17.9. The van der Waals surface area contributed by atoms with Gasteiger partial charge in [0.15, 0.2) is 0 Å². The second-order valence-corrected chi connectivity index (χ2v) is 9.54. The molecule has 2 saturated heterocycles. The highest BCUT2D eigenvalue weighted by Gasteiger charge is 2.34. The van der Waals surface area contributed by atoms with Crippen molar-refractivity contribution in [2.45, 2.75) is 37.8 Å². The van der Waals surface area contributed by atoms with Crippen molar-refractivity contribution in [3.63, 3.8) is 0 Å². The predicted octanol–water partition coefficient (Wildman–Crippen LogP) is 0.815. The van der Waals surface area contributed by atoms with E-state index < -0.39 is 0 Å². The van der Waals surface area contributed by atoms with Gasteiger partial charge in [-0.25, -0.2) is 0 Å². The average molecular weight is 425 g/mol. The van der Waals surface area contributed by atoms with Gasteiger partial charge in [0.2, 0.25) is 0 Å². The maximum absolute atomic E-state index is 11.8. The third-order valence-corrected chi connectivity index (χ3v) is 7.36. The van der Waals surface area contributed by atoms with Gasteiger partial charge in [-0.3, -0.25) is 9.59 Å². The van der Waals surface area contributed by atoms with Crippen molar-refractivity contribution in [2.75, 3.05) is 39.3 Å². The summed E-state index contributed by atoms with van der Waals surface area (Å²) < 4.78 is 3.90. The molecule has 6 rings (SSSR count). The van der Waals surface area contributed by atoms with E-state index in [4.69, 9.17) is 5.11 Å². The molecule has 0 saturated carbocycles. The number of aromatic nitrogens is 2. The largest absolute Gasteiger partial charge is 0.395 e. The van der Waals surface area contributed by atoms with Crippen molar-refractivity contribution in [2.24, 2.45) is 11.8 Å². The van der Waals surface area contributed by atoms with Crippen LogP contribution in [0.4, 0.5) is 0 Å². The van der Waals surface area contributed by atoms with Gasteiger partial charge in [-0.1, -0.05) is 12.1 Å². The Balaban J connectivity index is 0.000000134. The molecule has 2 N–H and O–H groups in total. The Kier molecular flexibility index (Phi) is 5.82. The molecule has 4 bridgehead atoms. The van der Waals surface area contributed by atoms with Gasteiger partial charge in [0.25, 0.3) is 11.1 Å². The molecule has 0 amide bonds. The molecule has 7 heteroatoms. The number of nitrogens with one attached hydrogen (secondary N) is 1. The van der Waals surface area contributed by atoms with Gasteiger partial charge in [0, 0.05) is 74.6 Å². The fraction of sp³-hybridized carbons (Fsp3) is 0.583. The van der Waals surface area contributed by atoms with Gasteiger partial charge in [0.05, 0.1) is 6.61 Å². The molecule has 166 valence electrons. The lowest BCUT2D eigenvalue weighted by atomic mass is 9.83. The number of pyridine rings is 2. The van der Waals surface area contributed by atoms with Crippen molar-refractivity contribution in [1.29, 1.82) is 0 Å². The zero-order chi connectivity index (χ0) is 21.4. The third kappa shape index (κ3) is 4.14. The Bertz CT molecular complexity index is 1050. The van der Waals surface area contributed by atoms with Crippen molar-refractivity contribution >= 4 is 0 Å². The van der Waals surface area contributed by atoms with Crippen LogP contribution in [-0.4, -0.2) is 58.5 Å². The maximum atomic E-state index is 11.8. The summed E-state index contributed by atoms with van der Waals surface area (Å²) in [6, 6.07) is 11.2. The Morgan fingerprint density at radius 3 is 2.16 bits per heavy atom. The fourth-order valence-corrected chi connectivity index (χ4v) is 6.06. The Hall–Kier alpha value is -2.22. The molecule has 0 radical (unpaired) electrons. The number of hydrogen-bond donors (Lipinski definition) is 2. The van der Waals surface area contributed by atoms with Crippen LogP contribution in [0.25, 0.3) is 0 Å². The monoisotopic (exact) mass is 424 g/mol. The van der Waals surface area contributed by atoms with E-state index in [-0.39, 0.29) is 17.7 Å². The summed E-state index contributed by atoms with van der Waals surface area (Å²) in [5.41, 5.74) is 2.70. The van der Waals surface area contributed by atoms with Gasteiger partial charge in [-0.15, -0.1) is 0 Å². The number of aliphatic hydroxyl groups is 1. The summed E-state index contributed by atoms with van der Waals surface area (Å²) in [5.74, 6) is 2.23. The quantitative estimate of drug-likeness (QED) is 0.746. The number of rotatable bonds is 2. The SMILES string of the molecule is O=c1cccc2n1CC1CC2CN(CCO)C1.O=c1cccc2n1CC1CNCC2C1. The minimum Gasteiger partial charge on any atom is -0.395 e. The van der Waals surface area contributed by atoms with E-state index in [1.165, 1.54) is 24.2 Å². The summed E-state index contributed by atoms with van der Waals surface area (Å²) in [6.07, 6.45) is 2.43. The maximum Gasteiger partial charge on any atom is 0.250 e. The highest BCUT2D eigenvalue weighted by Crippen LogP contribution is 2.34. The number of fused-ring (bicyclic) bond motifs is 8. The van der Waals surface area contributed by atoms with E-state index in [1.807, 2.05) is 21.3 Å². The van der Waals surface area contributed by atoms with Gasteiger partial charge in [0.1, 0.15) is 0 Å². The first kappa shape index (κ1) is 20.7. The van der Waals surface area contributed by atoms with E-state index in [0.717, 1.165) is 45.8 Å². The van der Waals surface area contributed by atoms with Crippen molar-refractivity contribution in [3.05, 3.63) is 68.5 Å². The molecule has 2 aromatic heterocycles. The van der Waals surface area contributed by atoms with Crippen LogP contribution in [0.3, 0.4) is 0 Å². The number of β-amino-alcohol motifs (C(OH)–C–C–N with tert-alkyl or cyclic N) is 1. The first-order chi connectivity index (χ1) is 15.1. The Morgan fingerprint density at radius 1 is 0.806 bits per heavy atom. The average Bonchev–Trinajstić information content (AvgIpc) is 2.76. The van der Waals surface area contributed by atoms with Crippen LogP contribution in [0, 0.1) is 11.8 Å². The zero-order valence-electron chi connectivity index (χ0n) is 17.9. The lowest BCUT2D eigenvalue weighted by molar-refractivity contribution is 0.100. The molecule has 2 fully saturated rings. The van der Waals surface area contributed by atoms with E-state index in [0.29, 0.717) is 23.7 Å². The second kappa shape index (κ2) is 8.73. The van der Waals surface area contributed by atoms with Crippen LogP contribution in [0.1, 0.15) is 36.1 Å². The third-order valence-electron chi connectivity index (χ3n) is 7.36.